The molecular weight excluding hydrogens is 406 g/mol. The van der Waals surface area contributed by atoms with E-state index < -0.39 is 0 Å². The second-order valence-corrected chi connectivity index (χ2v) is 8.94. The maximum absolute atomic E-state index is 6.36. The van der Waals surface area contributed by atoms with Crippen molar-refractivity contribution in [2.45, 2.75) is 0 Å². The van der Waals surface area contributed by atoms with Gasteiger partial charge in [-0.25, -0.2) is 0 Å². The van der Waals surface area contributed by atoms with Gasteiger partial charge in [-0.05, 0) is 36.4 Å². The molecule has 3 heteroatoms. The molecule has 152 valence electrons. The van der Waals surface area contributed by atoms with Crippen molar-refractivity contribution in [2.75, 3.05) is 0 Å². The van der Waals surface area contributed by atoms with Gasteiger partial charge in [0, 0.05) is 43.1 Å². The summed E-state index contributed by atoms with van der Waals surface area (Å²) in [5, 5.41) is 9.54. The highest BCUT2D eigenvalue weighted by molar-refractivity contribution is 6.35. The molecule has 9 rings (SSSR count). The average Bonchev–Trinajstić information content (AvgIpc) is 3.58. The highest BCUT2D eigenvalue weighted by Gasteiger charge is 2.23. The molecule has 5 aromatic carbocycles. The van der Waals surface area contributed by atoms with Gasteiger partial charge in [-0.3, -0.25) is 0 Å². The van der Waals surface area contributed by atoms with Gasteiger partial charge in [-0.2, -0.15) is 0 Å². The standard InChI is InChI=1S/C30H15NO2/c1-4-10-22-16(7-1)20-14-27-28(18-9-3-6-12-25(18)33-27)29-21-15-26-19(13-23(21)31(22)30(20)29)17-8-2-5-11-24(17)32-26/h1-15H. The van der Waals surface area contributed by atoms with E-state index in [4.69, 9.17) is 8.83 Å². The summed E-state index contributed by atoms with van der Waals surface area (Å²) in [6.07, 6.45) is 0. The summed E-state index contributed by atoms with van der Waals surface area (Å²) in [5.41, 5.74) is 7.37. The van der Waals surface area contributed by atoms with E-state index in [1.807, 2.05) is 18.2 Å². The summed E-state index contributed by atoms with van der Waals surface area (Å²) < 4.78 is 15.1. The number of fused-ring (bicyclic) bond motifs is 13. The lowest BCUT2D eigenvalue weighted by Gasteiger charge is -1.99. The van der Waals surface area contributed by atoms with Crippen LogP contribution in [0.15, 0.2) is 99.8 Å². The number of para-hydroxylation sites is 3. The van der Waals surface area contributed by atoms with Crippen LogP contribution in [0.5, 0.6) is 0 Å². The van der Waals surface area contributed by atoms with Gasteiger partial charge in [0.1, 0.15) is 22.3 Å². The van der Waals surface area contributed by atoms with Gasteiger partial charge in [0.05, 0.1) is 16.6 Å². The molecule has 0 aliphatic heterocycles. The third-order valence-corrected chi connectivity index (χ3v) is 7.30. The van der Waals surface area contributed by atoms with Gasteiger partial charge in [0.15, 0.2) is 0 Å². The summed E-state index contributed by atoms with van der Waals surface area (Å²) in [6.45, 7) is 0. The van der Waals surface area contributed by atoms with Crippen molar-refractivity contribution in [3.8, 4) is 0 Å². The predicted molar refractivity (Wildman–Crippen MR) is 136 cm³/mol. The Hall–Kier alpha value is -4.50. The van der Waals surface area contributed by atoms with Crippen LogP contribution in [0.3, 0.4) is 0 Å². The van der Waals surface area contributed by atoms with Crippen molar-refractivity contribution in [3.63, 3.8) is 0 Å². The first-order chi connectivity index (χ1) is 16.4. The summed E-state index contributed by atoms with van der Waals surface area (Å²) >= 11 is 0. The zero-order chi connectivity index (χ0) is 21.3. The fourth-order valence-electron chi connectivity index (χ4n) is 5.99. The molecule has 3 nitrogen and oxygen atoms in total. The van der Waals surface area contributed by atoms with Crippen molar-refractivity contribution >= 4 is 82.0 Å². The van der Waals surface area contributed by atoms with E-state index in [0.29, 0.717) is 0 Å². The summed E-state index contributed by atoms with van der Waals surface area (Å²) in [7, 11) is 0. The molecule has 0 fully saturated rings. The van der Waals surface area contributed by atoms with E-state index in [9.17, 15) is 0 Å². The van der Waals surface area contributed by atoms with E-state index in [1.54, 1.807) is 0 Å². The van der Waals surface area contributed by atoms with Crippen LogP contribution in [0, 0.1) is 0 Å². The second kappa shape index (κ2) is 5.28. The largest absolute Gasteiger partial charge is 0.456 e. The van der Waals surface area contributed by atoms with Crippen molar-refractivity contribution in [1.82, 2.24) is 4.40 Å². The Labute approximate surface area is 186 Å². The molecule has 0 saturated heterocycles. The highest BCUT2D eigenvalue weighted by Crippen LogP contribution is 2.47. The third-order valence-electron chi connectivity index (χ3n) is 7.30. The minimum absolute atomic E-state index is 0.919. The molecule has 0 saturated carbocycles. The number of hydrogen-bond acceptors (Lipinski definition) is 2. The summed E-state index contributed by atoms with van der Waals surface area (Å²) in [5.74, 6) is 0. The molecule has 33 heavy (non-hydrogen) atoms. The molecule has 0 N–H and O–H groups in total. The third kappa shape index (κ3) is 1.77. The molecule has 0 unspecified atom stereocenters. The summed E-state index contributed by atoms with van der Waals surface area (Å²) in [4.78, 5) is 0. The second-order valence-electron chi connectivity index (χ2n) is 8.94. The monoisotopic (exact) mass is 421 g/mol. The molecule has 0 atom stereocenters. The molecule has 0 aliphatic rings. The van der Waals surface area contributed by atoms with Crippen LogP contribution in [-0.4, -0.2) is 4.40 Å². The SMILES string of the molecule is c1ccc2c(c1)oc1cc3c4c5c(cc6c7ccccc7n(c3cc12)c64)oc1ccccc15. The van der Waals surface area contributed by atoms with Gasteiger partial charge in [-0.15, -0.1) is 0 Å². The molecule has 0 amide bonds. The first kappa shape index (κ1) is 16.2. The van der Waals surface area contributed by atoms with Gasteiger partial charge in [-0.1, -0.05) is 54.6 Å². The molecule has 0 spiro atoms. The number of benzene rings is 5. The number of hydrogen-bond donors (Lipinski definition) is 0. The average molecular weight is 421 g/mol. The minimum atomic E-state index is 0.919. The fraction of sp³-hybridized carbons (Fsp3) is 0. The lowest BCUT2D eigenvalue weighted by Crippen LogP contribution is -1.79. The quantitative estimate of drug-likeness (QED) is 0.245. The normalized spacial score (nSPS) is 12.8. The zero-order valence-corrected chi connectivity index (χ0v) is 17.4. The van der Waals surface area contributed by atoms with E-state index in [-0.39, 0.29) is 0 Å². The lowest BCUT2D eigenvalue weighted by atomic mass is 10.0. The molecule has 0 radical (unpaired) electrons. The number of aromatic nitrogens is 1. The highest BCUT2D eigenvalue weighted by atomic mass is 16.3. The topological polar surface area (TPSA) is 30.7 Å². The Balaban J connectivity index is 1.67. The molecule has 9 aromatic rings. The first-order valence-electron chi connectivity index (χ1n) is 11.2. The molecule has 0 aliphatic carbocycles. The van der Waals surface area contributed by atoms with Crippen molar-refractivity contribution in [1.29, 1.82) is 0 Å². The molecule has 4 heterocycles. The smallest absolute Gasteiger partial charge is 0.136 e. The number of rotatable bonds is 0. The zero-order valence-electron chi connectivity index (χ0n) is 17.4. The Morgan fingerprint density at radius 3 is 1.97 bits per heavy atom. The maximum atomic E-state index is 6.36. The Morgan fingerprint density at radius 1 is 0.424 bits per heavy atom. The van der Waals surface area contributed by atoms with E-state index in [1.165, 1.54) is 43.5 Å². The van der Waals surface area contributed by atoms with E-state index >= 15 is 0 Å². The molecular formula is C30H15NO2. The molecule has 0 bridgehead atoms. The van der Waals surface area contributed by atoms with Crippen LogP contribution in [-0.2, 0) is 0 Å². The van der Waals surface area contributed by atoms with Crippen LogP contribution in [0.1, 0.15) is 0 Å². The minimum Gasteiger partial charge on any atom is -0.456 e. The number of nitrogens with zero attached hydrogens (tertiary/aromatic N) is 1. The Kier molecular flexibility index (Phi) is 2.59. The van der Waals surface area contributed by atoms with Gasteiger partial charge in [0.2, 0.25) is 0 Å². The fourth-order valence-corrected chi connectivity index (χ4v) is 5.99. The lowest BCUT2D eigenvalue weighted by molar-refractivity contribution is 0.669. The first-order valence-corrected chi connectivity index (χ1v) is 11.2. The Bertz CT molecular complexity index is 2240. The van der Waals surface area contributed by atoms with Gasteiger partial charge < -0.3 is 13.2 Å². The van der Waals surface area contributed by atoms with Crippen molar-refractivity contribution < 1.29 is 8.83 Å². The predicted octanol–water partition coefficient (Wildman–Crippen LogP) is 8.64. The maximum Gasteiger partial charge on any atom is 0.136 e. The van der Waals surface area contributed by atoms with E-state index in [2.05, 4.69) is 77.2 Å². The van der Waals surface area contributed by atoms with Crippen molar-refractivity contribution in [2.24, 2.45) is 0 Å². The van der Waals surface area contributed by atoms with Crippen LogP contribution in [0.2, 0.25) is 0 Å². The van der Waals surface area contributed by atoms with Crippen LogP contribution in [0.4, 0.5) is 0 Å². The Morgan fingerprint density at radius 2 is 1.09 bits per heavy atom. The number of furan rings is 2. The van der Waals surface area contributed by atoms with Crippen LogP contribution in [0.25, 0.3) is 82.0 Å². The summed E-state index contributed by atoms with van der Waals surface area (Å²) in [6, 6.07) is 32.0. The van der Waals surface area contributed by atoms with Gasteiger partial charge in [0.25, 0.3) is 0 Å². The van der Waals surface area contributed by atoms with Crippen LogP contribution >= 0.6 is 0 Å². The van der Waals surface area contributed by atoms with Gasteiger partial charge >= 0.3 is 0 Å². The van der Waals surface area contributed by atoms with Crippen LogP contribution < -0.4 is 0 Å². The molecule has 4 aromatic heterocycles. The van der Waals surface area contributed by atoms with Crippen molar-refractivity contribution in [3.05, 3.63) is 91.0 Å². The van der Waals surface area contributed by atoms with E-state index in [0.717, 1.165) is 38.5 Å².